The normalized spacial score (nSPS) is 12.8. The van der Waals surface area contributed by atoms with Crippen molar-refractivity contribution >= 4 is 28.3 Å². The molecule has 0 saturated carbocycles. The molecule has 0 heterocycles. The third-order valence-electron chi connectivity index (χ3n) is 2.78. The van der Waals surface area contributed by atoms with Crippen LogP contribution in [0.4, 0.5) is 0 Å². The molecule has 1 rings (SSSR count). The Balaban J connectivity index is 0.00000256. The van der Waals surface area contributed by atoms with Crippen LogP contribution in [0.15, 0.2) is 22.7 Å². The molecule has 98 valence electrons. The van der Waals surface area contributed by atoms with Gasteiger partial charge in [-0.25, -0.2) is 0 Å². The summed E-state index contributed by atoms with van der Waals surface area (Å²) in [5.41, 5.74) is 6.76. The Hall–Kier alpha value is -0.290. The molecule has 0 radical (unpaired) electrons. The van der Waals surface area contributed by atoms with E-state index in [4.69, 9.17) is 10.5 Å². The second-order valence-electron chi connectivity index (χ2n) is 4.52. The topological polar surface area (TPSA) is 55.5 Å². The van der Waals surface area contributed by atoms with Crippen molar-refractivity contribution in [1.82, 2.24) is 0 Å². The van der Waals surface area contributed by atoms with Gasteiger partial charge in [-0.05, 0) is 33.6 Å². The molecule has 3 nitrogen and oxygen atoms in total. The lowest BCUT2D eigenvalue weighted by Crippen LogP contribution is -2.32. The van der Waals surface area contributed by atoms with Gasteiger partial charge >= 0.3 is 0 Å². The van der Waals surface area contributed by atoms with E-state index in [1.54, 1.807) is 7.11 Å². The van der Waals surface area contributed by atoms with Gasteiger partial charge < -0.3 is 15.6 Å². The van der Waals surface area contributed by atoms with Gasteiger partial charge in [0.05, 0.1) is 11.6 Å². The van der Waals surface area contributed by atoms with Gasteiger partial charge in [0.2, 0.25) is 0 Å². The summed E-state index contributed by atoms with van der Waals surface area (Å²) in [5.74, 6) is 0.776. The first kappa shape index (κ1) is 16.7. The number of halogens is 2. The Bertz CT molecular complexity index is 372. The highest BCUT2D eigenvalue weighted by atomic mass is 79.9. The molecule has 3 N–H and O–H groups in total. The van der Waals surface area contributed by atoms with E-state index in [1.165, 1.54) is 0 Å². The molecule has 0 unspecified atom stereocenters. The maximum Gasteiger partial charge on any atom is 0.133 e. The van der Waals surface area contributed by atoms with Gasteiger partial charge in [-0.2, -0.15) is 0 Å². The SMILES string of the molecule is COc1ccc([C@@H](N)C(C)(C)CO)cc1Br.Cl. The fourth-order valence-corrected chi connectivity index (χ4v) is 1.98. The number of hydrogen-bond acceptors (Lipinski definition) is 3. The summed E-state index contributed by atoms with van der Waals surface area (Å²) in [6, 6.07) is 5.51. The lowest BCUT2D eigenvalue weighted by atomic mass is 9.82. The number of methoxy groups -OCH3 is 1. The highest BCUT2D eigenvalue weighted by Gasteiger charge is 2.27. The van der Waals surface area contributed by atoms with Gasteiger partial charge in [-0.1, -0.05) is 19.9 Å². The second-order valence-corrected chi connectivity index (χ2v) is 5.37. The summed E-state index contributed by atoms with van der Waals surface area (Å²) in [5, 5.41) is 9.28. The van der Waals surface area contributed by atoms with Gasteiger partial charge in [-0.15, -0.1) is 12.4 Å². The average molecular weight is 325 g/mol. The van der Waals surface area contributed by atoms with Crippen LogP contribution in [-0.4, -0.2) is 18.8 Å². The van der Waals surface area contributed by atoms with Crippen molar-refractivity contribution in [3.63, 3.8) is 0 Å². The van der Waals surface area contributed by atoms with E-state index in [9.17, 15) is 5.11 Å². The number of hydrogen-bond donors (Lipinski definition) is 2. The van der Waals surface area contributed by atoms with Gasteiger partial charge in [0.25, 0.3) is 0 Å². The second kappa shape index (κ2) is 6.59. The minimum absolute atomic E-state index is 0. The van der Waals surface area contributed by atoms with Crippen LogP contribution in [-0.2, 0) is 0 Å². The third kappa shape index (κ3) is 3.85. The van der Waals surface area contributed by atoms with E-state index < -0.39 is 0 Å². The quantitative estimate of drug-likeness (QED) is 0.895. The smallest absolute Gasteiger partial charge is 0.133 e. The maximum absolute atomic E-state index is 9.28. The monoisotopic (exact) mass is 323 g/mol. The van der Waals surface area contributed by atoms with Crippen molar-refractivity contribution in [3.05, 3.63) is 28.2 Å². The first-order valence-electron chi connectivity index (χ1n) is 5.12. The van der Waals surface area contributed by atoms with Crippen molar-refractivity contribution in [2.45, 2.75) is 19.9 Å². The van der Waals surface area contributed by atoms with Crippen molar-refractivity contribution in [1.29, 1.82) is 0 Å². The van der Waals surface area contributed by atoms with Gasteiger partial charge in [0.1, 0.15) is 5.75 Å². The predicted molar refractivity (Wildman–Crippen MR) is 75.7 cm³/mol. The molecule has 0 amide bonds. The first-order chi connectivity index (χ1) is 7.42. The number of benzene rings is 1. The Morgan fingerprint density at radius 3 is 2.47 bits per heavy atom. The Kier molecular flexibility index (Phi) is 6.48. The summed E-state index contributed by atoms with van der Waals surface area (Å²) in [6.45, 7) is 3.93. The van der Waals surface area contributed by atoms with E-state index in [0.29, 0.717) is 0 Å². The number of aliphatic hydroxyl groups is 1. The van der Waals surface area contributed by atoms with Crippen LogP contribution in [0.1, 0.15) is 25.5 Å². The summed E-state index contributed by atoms with van der Waals surface area (Å²) in [4.78, 5) is 0. The van der Waals surface area contributed by atoms with E-state index >= 15 is 0 Å². The fraction of sp³-hybridized carbons (Fsp3) is 0.500. The number of nitrogens with two attached hydrogens (primary N) is 1. The summed E-state index contributed by atoms with van der Waals surface area (Å²) in [7, 11) is 1.62. The molecule has 0 aliphatic rings. The van der Waals surface area contributed by atoms with Gasteiger partial charge in [0, 0.05) is 18.1 Å². The van der Waals surface area contributed by atoms with Crippen LogP contribution in [0.25, 0.3) is 0 Å². The van der Waals surface area contributed by atoms with Gasteiger partial charge in [-0.3, -0.25) is 0 Å². The molecule has 0 bridgehead atoms. The molecule has 0 saturated heterocycles. The largest absolute Gasteiger partial charge is 0.496 e. The molecule has 1 aromatic rings. The average Bonchev–Trinajstić information content (AvgIpc) is 2.27. The van der Waals surface area contributed by atoms with Crippen LogP contribution in [0, 0.1) is 5.41 Å². The highest BCUT2D eigenvalue weighted by Crippen LogP contribution is 2.34. The lowest BCUT2D eigenvalue weighted by molar-refractivity contribution is 0.132. The predicted octanol–water partition coefficient (Wildman–Crippen LogP) is 2.90. The number of aliphatic hydroxyl groups excluding tert-OH is 1. The minimum Gasteiger partial charge on any atom is -0.496 e. The zero-order valence-corrected chi connectivity index (χ0v) is 12.6. The van der Waals surface area contributed by atoms with E-state index in [2.05, 4.69) is 15.9 Å². The van der Waals surface area contributed by atoms with Crippen molar-refractivity contribution in [2.24, 2.45) is 11.1 Å². The molecular weight excluding hydrogens is 305 g/mol. The number of ether oxygens (including phenoxy) is 1. The van der Waals surface area contributed by atoms with Crippen molar-refractivity contribution in [2.75, 3.05) is 13.7 Å². The van der Waals surface area contributed by atoms with E-state index in [-0.39, 0.29) is 30.5 Å². The van der Waals surface area contributed by atoms with Crippen molar-refractivity contribution < 1.29 is 9.84 Å². The summed E-state index contributed by atoms with van der Waals surface area (Å²) in [6.07, 6.45) is 0. The molecule has 0 fully saturated rings. The van der Waals surface area contributed by atoms with E-state index in [0.717, 1.165) is 15.8 Å². The Morgan fingerprint density at radius 2 is 2.06 bits per heavy atom. The maximum atomic E-state index is 9.28. The van der Waals surface area contributed by atoms with Gasteiger partial charge in [0.15, 0.2) is 0 Å². The molecule has 17 heavy (non-hydrogen) atoms. The molecule has 0 aliphatic heterocycles. The van der Waals surface area contributed by atoms with Crippen LogP contribution < -0.4 is 10.5 Å². The zero-order chi connectivity index (χ0) is 12.3. The standard InChI is InChI=1S/C12H18BrNO2.ClH/c1-12(2,7-15)11(14)8-4-5-10(16-3)9(13)6-8;/h4-6,11,15H,7,14H2,1-3H3;1H/t11-;/m1./s1. The van der Waals surface area contributed by atoms with Crippen LogP contribution in [0.5, 0.6) is 5.75 Å². The molecule has 0 spiro atoms. The first-order valence-corrected chi connectivity index (χ1v) is 5.91. The van der Waals surface area contributed by atoms with Crippen molar-refractivity contribution in [3.8, 4) is 5.75 Å². The zero-order valence-electron chi connectivity index (χ0n) is 10.2. The summed E-state index contributed by atoms with van der Waals surface area (Å²) >= 11 is 3.42. The molecular formula is C12H19BrClNO2. The molecule has 0 aliphatic carbocycles. The van der Waals surface area contributed by atoms with E-state index in [1.807, 2.05) is 32.0 Å². The minimum atomic E-state index is -0.339. The Labute approximate surface area is 117 Å². The Morgan fingerprint density at radius 1 is 1.47 bits per heavy atom. The van der Waals surface area contributed by atoms with Crippen LogP contribution >= 0.6 is 28.3 Å². The molecule has 1 aromatic carbocycles. The highest BCUT2D eigenvalue weighted by molar-refractivity contribution is 9.10. The number of rotatable bonds is 4. The van der Waals surface area contributed by atoms with Crippen LogP contribution in [0.2, 0.25) is 0 Å². The fourth-order valence-electron chi connectivity index (χ4n) is 1.43. The molecule has 0 aromatic heterocycles. The summed E-state index contributed by atoms with van der Waals surface area (Å²) < 4.78 is 6.03. The molecule has 1 atom stereocenters. The third-order valence-corrected chi connectivity index (χ3v) is 3.40. The lowest BCUT2D eigenvalue weighted by Gasteiger charge is -2.30. The molecule has 5 heteroatoms. The van der Waals surface area contributed by atoms with Crippen LogP contribution in [0.3, 0.4) is 0 Å².